The van der Waals surface area contributed by atoms with Gasteiger partial charge in [0.15, 0.2) is 0 Å². The Kier molecular flexibility index (Phi) is 13.4. The monoisotopic (exact) mass is 669 g/mol. The lowest BCUT2D eigenvalue weighted by molar-refractivity contribution is -0.152. The molecular formula is C42H68O6. The molecule has 272 valence electrons. The second kappa shape index (κ2) is 15.9. The fourth-order valence-corrected chi connectivity index (χ4v) is 8.98. The van der Waals surface area contributed by atoms with Gasteiger partial charge >= 0.3 is 5.97 Å². The second-order valence-corrected chi connectivity index (χ2v) is 17.5. The van der Waals surface area contributed by atoms with Crippen LogP contribution in [-0.2, 0) is 19.1 Å². The number of ketones is 1. The lowest BCUT2D eigenvalue weighted by Crippen LogP contribution is -2.48. The van der Waals surface area contributed by atoms with Gasteiger partial charge in [-0.15, -0.1) is 0 Å². The third-order valence-corrected chi connectivity index (χ3v) is 11.7. The maximum atomic E-state index is 13.2. The maximum absolute atomic E-state index is 13.2. The normalized spacial score (nSPS) is 33.7. The van der Waals surface area contributed by atoms with Crippen molar-refractivity contribution < 1.29 is 29.3 Å². The summed E-state index contributed by atoms with van der Waals surface area (Å²) >= 11 is 0. The second-order valence-electron chi connectivity index (χ2n) is 17.5. The van der Waals surface area contributed by atoms with E-state index < -0.39 is 11.2 Å². The molecule has 1 aliphatic heterocycles. The molecule has 0 aromatic rings. The van der Waals surface area contributed by atoms with Gasteiger partial charge < -0.3 is 19.7 Å². The summed E-state index contributed by atoms with van der Waals surface area (Å²) in [4.78, 5) is 24.7. The molecule has 0 aromatic carbocycles. The van der Waals surface area contributed by atoms with Crippen molar-refractivity contribution in [2.24, 2.45) is 22.7 Å². The number of hydrogen-bond donors (Lipinski definition) is 2. The minimum atomic E-state index is -0.982. The van der Waals surface area contributed by atoms with E-state index in [0.717, 1.165) is 37.7 Å². The molecule has 0 bridgehead atoms. The Bertz CT molecular complexity index is 1240. The zero-order valence-electron chi connectivity index (χ0n) is 32.2. The van der Waals surface area contributed by atoms with Crippen LogP contribution >= 0.6 is 0 Å². The molecule has 2 saturated carbocycles. The van der Waals surface area contributed by atoms with Crippen molar-refractivity contribution in [3.8, 4) is 0 Å². The van der Waals surface area contributed by atoms with Crippen molar-refractivity contribution in [1.82, 2.24) is 0 Å². The van der Waals surface area contributed by atoms with Crippen LogP contribution in [0.4, 0.5) is 0 Å². The highest BCUT2D eigenvalue weighted by Crippen LogP contribution is 2.67. The molecular weight excluding hydrogens is 600 g/mol. The van der Waals surface area contributed by atoms with Crippen molar-refractivity contribution in [2.45, 2.75) is 182 Å². The van der Waals surface area contributed by atoms with Crippen LogP contribution in [-0.4, -0.2) is 51.0 Å². The van der Waals surface area contributed by atoms with E-state index in [2.05, 4.69) is 85.8 Å². The van der Waals surface area contributed by atoms with Gasteiger partial charge in [0.2, 0.25) is 0 Å². The first-order chi connectivity index (χ1) is 22.1. The maximum Gasteiger partial charge on any atom is 0.302 e. The number of hydrogen-bond acceptors (Lipinski definition) is 6. The summed E-state index contributed by atoms with van der Waals surface area (Å²) in [5, 5.41) is 21.5. The quantitative estimate of drug-likeness (QED) is 0.0559. The fraction of sp³-hybridized carbons (Fsp3) is 0.762. The summed E-state index contributed by atoms with van der Waals surface area (Å²) in [5.74, 6) is 0.573. The van der Waals surface area contributed by atoms with Gasteiger partial charge in [0.25, 0.3) is 0 Å². The van der Waals surface area contributed by atoms with E-state index in [9.17, 15) is 19.8 Å². The molecule has 6 heteroatoms. The minimum absolute atomic E-state index is 0.0508. The molecule has 7 atom stereocenters. The van der Waals surface area contributed by atoms with Crippen LogP contribution in [0.25, 0.3) is 0 Å². The van der Waals surface area contributed by atoms with E-state index in [1.807, 2.05) is 13.8 Å². The average molecular weight is 669 g/mol. The van der Waals surface area contributed by atoms with Crippen molar-refractivity contribution >= 4 is 11.8 Å². The Hall–Kier alpha value is -2.02. The Morgan fingerprint density at radius 1 is 0.958 bits per heavy atom. The number of fused-ring (bicyclic) bond motifs is 1. The molecule has 2 aliphatic carbocycles. The largest absolute Gasteiger partial charge is 0.462 e. The predicted octanol–water partition coefficient (Wildman–Crippen LogP) is 9.54. The summed E-state index contributed by atoms with van der Waals surface area (Å²) < 4.78 is 11.7. The molecule has 2 unspecified atom stereocenters. The number of rotatable bonds is 16. The van der Waals surface area contributed by atoms with Gasteiger partial charge in [0.1, 0.15) is 17.5 Å². The molecule has 48 heavy (non-hydrogen) atoms. The van der Waals surface area contributed by atoms with E-state index in [1.54, 1.807) is 0 Å². The van der Waals surface area contributed by atoms with Gasteiger partial charge in [-0.05, 0) is 101 Å². The van der Waals surface area contributed by atoms with E-state index in [-0.39, 0.29) is 46.3 Å². The summed E-state index contributed by atoms with van der Waals surface area (Å²) in [6, 6.07) is 0. The number of ether oxygens (including phenoxy) is 2. The van der Waals surface area contributed by atoms with Crippen LogP contribution in [0.15, 0.2) is 47.1 Å². The first-order valence-electron chi connectivity index (χ1n) is 18.6. The minimum Gasteiger partial charge on any atom is -0.462 e. The highest BCUT2D eigenvalue weighted by Gasteiger charge is 2.76. The number of carbonyl (C=O) groups is 2. The topological polar surface area (TPSA) is 96.4 Å². The first-order valence-corrected chi connectivity index (χ1v) is 18.6. The number of Topliss-reactive ketones (excluding diaryl/α,β-unsaturated/α-hetero) is 1. The average Bonchev–Trinajstić information content (AvgIpc) is 3.53. The lowest BCUT2D eigenvalue weighted by atomic mass is 9.61. The fourth-order valence-electron chi connectivity index (χ4n) is 8.98. The molecule has 1 saturated heterocycles. The van der Waals surface area contributed by atoms with Crippen LogP contribution in [0, 0.1) is 22.7 Å². The number of aliphatic hydroxyl groups excluding tert-OH is 1. The van der Waals surface area contributed by atoms with Gasteiger partial charge in [-0.3, -0.25) is 9.59 Å². The van der Waals surface area contributed by atoms with E-state index in [1.165, 1.54) is 37.3 Å². The van der Waals surface area contributed by atoms with Crippen LogP contribution in [0.1, 0.15) is 153 Å². The standard InChI is InChI=1S/C42H68O6/c1-29(18-14-19-31(3)22-23-37-38(6,7)26-35(47-33(5)43)27-40(37,10)46)16-12-13-17-30(2)20-15-21-32(4)36(45)28-42-39(8,9)24-34(44)25-41(42,11)48-42/h15,17,19-20,23,29,32,34-35,44,46H,12-14,16,18,21-22,24-28H2,1-11H3/b20-15-,30-17+,31-19+,37-23?/t29?,32?,34-,35-,40+,41+,42-/m0/s1. The van der Waals surface area contributed by atoms with Crippen molar-refractivity contribution in [3.63, 3.8) is 0 Å². The van der Waals surface area contributed by atoms with E-state index >= 15 is 0 Å². The molecule has 3 fully saturated rings. The van der Waals surface area contributed by atoms with Crippen LogP contribution < -0.4 is 0 Å². The number of esters is 1. The lowest BCUT2D eigenvalue weighted by Gasteiger charge is -2.46. The summed E-state index contributed by atoms with van der Waals surface area (Å²) in [7, 11) is 0. The van der Waals surface area contributed by atoms with Gasteiger partial charge in [0.05, 0.1) is 17.3 Å². The highest BCUT2D eigenvalue weighted by molar-refractivity contribution is 5.82. The van der Waals surface area contributed by atoms with Gasteiger partial charge in [0, 0.05) is 32.1 Å². The smallest absolute Gasteiger partial charge is 0.302 e. The Morgan fingerprint density at radius 2 is 1.65 bits per heavy atom. The zero-order chi connectivity index (χ0) is 36.1. The SMILES string of the molecule is CC(=O)O[C@H]1CC(C)(C)C(=CC/C(C)=C/CCC(C)CCC/C=C(C)/C=C\CC(C)C(=O)C[C@@]23O[C@]2(C)C[C@@H](O)CC3(C)C)[C@](C)(O)C1. The molecule has 1 heterocycles. The summed E-state index contributed by atoms with van der Waals surface area (Å²) in [5.41, 5.74) is 1.35. The van der Waals surface area contributed by atoms with Crippen molar-refractivity contribution in [3.05, 3.63) is 47.1 Å². The number of unbranched alkanes of at least 4 members (excludes halogenated alkanes) is 1. The third-order valence-electron chi connectivity index (χ3n) is 11.7. The zero-order valence-corrected chi connectivity index (χ0v) is 32.2. The van der Waals surface area contributed by atoms with Gasteiger partial charge in [-0.25, -0.2) is 0 Å². The number of carbonyl (C=O) groups excluding carboxylic acids is 2. The van der Waals surface area contributed by atoms with Gasteiger partial charge in [-0.1, -0.05) is 89.5 Å². The van der Waals surface area contributed by atoms with E-state index in [4.69, 9.17) is 9.47 Å². The van der Waals surface area contributed by atoms with Crippen LogP contribution in [0.5, 0.6) is 0 Å². The molecule has 3 aliphatic rings. The summed E-state index contributed by atoms with van der Waals surface area (Å²) in [6.07, 6.45) is 20.6. The van der Waals surface area contributed by atoms with Crippen molar-refractivity contribution in [1.29, 1.82) is 0 Å². The molecule has 0 spiro atoms. The molecule has 6 nitrogen and oxygen atoms in total. The molecule has 2 N–H and O–H groups in total. The molecule has 0 amide bonds. The summed E-state index contributed by atoms with van der Waals surface area (Å²) in [6.45, 7) is 22.5. The number of epoxide rings is 1. The van der Waals surface area contributed by atoms with Crippen LogP contribution in [0.2, 0.25) is 0 Å². The molecule has 0 radical (unpaired) electrons. The Morgan fingerprint density at radius 3 is 2.27 bits per heavy atom. The molecule has 3 rings (SSSR count). The number of aliphatic hydroxyl groups is 2. The van der Waals surface area contributed by atoms with Crippen molar-refractivity contribution in [2.75, 3.05) is 0 Å². The Labute approximate surface area is 292 Å². The molecule has 0 aromatic heterocycles. The highest BCUT2D eigenvalue weighted by atomic mass is 16.6. The Balaban J connectivity index is 1.35. The van der Waals surface area contributed by atoms with Gasteiger partial charge in [-0.2, -0.15) is 0 Å². The number of allylic oxidation sites excluding steroid dienone is 7. The first kappa shape index (κ1) is 40.4. The predicted molar refractivity (Wildman–Crippen MR) is 195 cm³/mol. The third kappa shape index (κ3) is 10.3. The van der Waals surface area contributed by atoms with Crippen LogP contribution in [0.3, 0.4) is 0 Å². The van der Waals surface area contributed by atoms with E-state index in [0.29, 0.717) is 31.6 Å².